The van der Waals surface area contributed by atoms with Crippen LogP contribution in [-0.4, -0.2) is 22.8 Å². The highest BCUT2D eigenvalue weighted by molar-refractivity contribution is 5.96. The predicted octanol–water partition coefficient (Wildman–Crippen LogP) is 4.64. The van der Waals surface area contributed by atoms with Crippen LogP contribution in [0.15, 0.2) is 48.7 Å². The molecule has 1 aromatic heterocycles. The molecule has 0 radical (unpaired) electrons. The molecule has 1 aliphatic rings. The van der Waals surface area contributed by atoms with E-state index in [4.69, 9.17) is 0 Å². The van der Waals surface area contributed by atoms with Crippen molar-refractivity contribution in [2.24, 2.45) is 0 Å². The molecule has 0 spiro atoms. The minimum absolute atomic E-state index is 0.190. The fourth-order valence-electron chi connectivity index (χ4n) is 3.46. The topological polar surface area (TPSA) is 71.1 Å². The summed E-state index contributed by atoms with van der Waals surface area (Å²) in [5.41, 5.74) is 5.55. The zero-order valence-electron chi connectivity index (χ0n) is 18.5. The SMILES string of the molecule is Cc1ccc(CNC(=O)c2ccc(-c3cc(C(=O)NC4CC4)cc(F)c3C)nc2)cc1C. The Morgan fingerprint density at radius 2 is 1.75 bits per heavy atom. The Labute approximate surface area is 187 Å². The van der Waals surface area contributed by atoms with E-state index in [0.717, 1.165) is 18.4 Å². The van der Waals surface area contributed by atoms with Crippen LogP contribution in [0.1, 0.15) is 55.8 Å². The summed E-state index contributed by atoms with van der Waals surface area (Å²) in [7, 11) is 0. The molecular formula is C26H26FN3O2. The Morgan fingerprint density at radius 3 is 2.41 bits per heavy atom. The first-order valence-corrected chi connectivity index (χ1v) is 10.7. The summed E-state index contributed by atoms with van der Waals surface area (Å²) in [5, 5.41) is 5.77. The molecule has 0 bridgehead atoms. The van der Waals surface area contributed by atoms with Crippen molar-refractivity contribution in [2.45, 2.75) is 46.2 Å². The first kappa shape index (κ1) is 21.7. The van der Waals surface area contributed by atoms with Crippen LogP contribution in [0.2, 0.25) is 0 Å². The quantitative estimate of drug-likeness (QED) is 0.598. The van der Waals surface area contributed by atoms with Crippen molar-refractivity contribution in [3.63, 3.8) is 0 Å². The number of carbonyl (C=O) groups is 2. The monoisotopic (exact) mass is 431 g/mol. The molecule has 2 aromatic carbocycles. The van der Waals surface area contributed by atoms with Gasteiger partial charge in [-0.25, -0.2) is 4.39 Å². The molecule has 0 saturated heterocycles. The second-order valence-electron chi connectivity index (χ2n) is 8.41. The number of pyridine rings is 1. The zero-order chi connectivity index (χ0) is 22.8. The maximum atomic E-state index is 14.5. The second-order valence-corrected chi connectivity index (χ2v) is 8.41. The smallest absolute Gasteiger partial charge is 0.253 e. The normalized spacial score (nSPS) is 13.0. The van der Waals surface area contributed by atoms with Gasteiger partial charge in [0.1, 0.15) is 5.82 Å². The molecule has 2 N–H and O–H groups in total. The molecular weight excluding hydrogens is 405 g/mol. The highest BCUT2D eigenvalue weighted by Crippen LogP contribution is 2.27. The minimum Gasteiger partial charge on any atom is -0.349 e. The van der Waals surface area contributed by atoms with E-state index in [1.54, 1.807) is 25.1 Å². The highest BCUT2D eigenvalue weighted by atomic mass is 19.1. The van der Waals surface area contributed by atoms with Crippen LogP contribution in [0.4, 0.5) is 4.39 Å². The Balaban J connectivity index is 1.49. The van der Waals surface area contributed by atoms with E-state index >= 15 is 0 Å². The van der Waals surface area contributed by atoms with E-state index in [9.17, 15) is 14.0 Å². The lowest BCUT2D eigenvalue weighted by Gasteiger charge is -2.11. The van der Waals surface area contributed by atoms with Gasteiger partial charge in [-0.2, -0.15) is 0 Å². The van der Waals surface area contributed by atoms with Crippen molar-refractivity contribution in [3.05, 3.63) is 87.9 Å². The van der Waals surface area contributed by atoms with Gasteiger partial charge in [0.05, 0.1) is 11.3 Å². The molecule has 2 amide bonds. The van der Waals surface area contributed by atoms with E-state index < -0.39 is 5.82 Å². The molecule has 164 valence electrons. The van der Waals surface area contributed by atoms with E-state index in [1.807, 2.05) is 26.0 Å². The number of hydrogen-bond donors (Lipinski definition) is 2. The Kier molecular flexibility index (Phi) is 6.04. The fraction of sp³-hybridized carbons (Fsp3) is 0.269. The lowest BCUT2D eigenvalue weighted by atomic mass is 10.00. The number of carbonyl (C=O) groups excluding carboxylic acids is 2. The average molecular weight is 432 g/mol. The molecule has 6 heteroatoms. The number of nitrogens with one attached hydrogen (secondary N) is 2. The summed E-state index contributed by atoms with van der Waals surface area (Å²) >= 11 is 0. The number of halogens is 1. The zero-order valence-corrected chi connectivity index (χ0v) is 18.5. The number of aryl methyl sites for hydroxylation is 2. The Morgan fingerprint density at radius 1 is 0.969 bits per heavy atom. The molecule has 1 fully saturated rings. The summed E-state index contributed by atoms with van der Waals surface area (Å²) in [6.07, 6.45) is 3.39. The van der Waals surface area contributed by atoms with E-state index in [0.29, 0.717) is 28.9 Å². The van der Waals surface area contributed by atoms with Gasteiger partial charge in [0.15, 0.2) is 0 Å². The van der Waals surface area contributed by atoms with Gasteiger partial charge >= 0.3 is 0 Å². The Bertz CT molecular complexity index is 1180. The van der Waals surface area contributed by atoms with Crippen LogP contribution >= 0.6 is 0 Å². The van der Waals surface area contributed by atoms with Crippen LogP contribution in [0, 0.1) is 26.6 Å². The number of amides is 2. The molecule has 0 aliphatic heterocycles. The van der Waals surface area contributed by atoms with Crippen LogP contribution in [0.3, 0.4) is 0 Å². The second kappa shape index (κ2) is 8.91. The highest BCUT2D eigenvalue weighted by Gasteiger charge is 2.24. The first-order valence-electron chi connectivity index (χ1n) is 10.7. The molecule has 4 rings (SSSR count). The third-order valence-electron chi connectivity index (χ3n) is 5.85. The summed E-state index contributed by atoms with van der Waals surface area (Å²) < 4.78 is 14.5. The summed E-state index contributed by atoms with van der Waals surface area (Å²) in [6, 6.07) is 12.5. The number of aromatic nitrogens is 1. The van der Waals surface area contributed by atoms with Crippen molar-refractivity contribution in [1.82, 2.24) is 15.6 Å². The van der Waals surface area contributed by atoms with Crippen LogP contribution < -0.4 is 10.6 Å². The number of rotatable bonds is 6. The lowest BCUT2D eigenvalue weighted by Crippen LogP contribution is -2.25. The van der Waals surface area contributed by atoms with E-state index in [2.05, 4.69) is 21.7 Å². The fourth-order valence-corrected chi connectivity index (χ4v) is 3.46. The molecule has 1 saturated carbocycles. The van der Waals surface area contributed by atoms with Crippen LogP contribution in [0.5, 0.6) is 0 Å². The van der Waals surface area contributed by atoms with Gasteiger partial charge in [-0.1, -0.05) is 18.2 Å². The minimum atomic E-state index is -0.458. The van der Waals surface area contributed by atoms with Crippen molar-refractivity contribution in [3.8, 4) is 11.3 Å². The van der Waals surface area contributed by atoms with Crippen LogP contribution in [0.25, 0.3) is 11.3 Å². The summed E-state index contributed by atoms with van der Waals surface area (Å²) in [5.74, 6) is -0.974. The van der Waals surface area contributed by atoms with Crippen molar-refractivity contribution in [1.29, 1.82) is 0 Å². The summed E-state index contributed by atoms with van der Waals surface area (Å²) in [6.45, 7) is 6.16. The maximum absolute atomic E-state index is 14.5. The molecule has 1 heterocycles. The van der Waals surface area contributed by atoms with Gasteiger partial charge in [-0.3, -0.25) is 14.6 Å². The van der Waals surface area contributed by atoms with Crippen molar-refractivity contribution in [2.75, 3.05) is 0 Å². The number of hydrogen-bond acceptors (Lipinski definition) is 3. The van der Waals surface area contributed by atoms with Gasteiger partial charge in [-0.15, -0.1) is 0 Å². The van der Waals surface area contributed by atoms with Crippen molar-refractivity contribution >= 4 is 11.8 Å². The van der Waals surface area contributed by atoms with Gasteiger partial charge in [0, 0.05) is 29.9 Å². The van der Waals surface area contributed by atoms with Gasteiger partial charge in [0.25, 0.3) is 11.8 Å². The average Bonchev–Trinajstić information content (AvgIpc) is 3.60. The van der Waals surface area contributed by atoms with E-state index in [-0.39, 0.29) is 23.4 Å². The summed E-state index contributed by atoms with van der Waals surface area (Å²) in [4.78, 5) is 29.3. The largest absolute Gasteiger partial charge is 0.349 e. The first-order chi connectivity index (χ1) is 15.3. The van der Waals surface area contributed by atoms with Crippen LogP contribution in [-0.2, 0) is 6.54 Å². The molecule has 3 aromatic rings. The molecule has 1 aliphatic carbocycles. The predicted molar refractivity (Wildman–Crippen MR) is 122 cm³/mol. The third-order valence-corrected chi connectivity index (χ3v) is 5.85. The molecule has 0 atom stereocenters. The lowest BCUT2D eigenvalue weighted by molar-refractivity contribution is 0.0942. The van der Waals surface area contributed by atoms with E-state index in [1.165, 1.54) is 23.4 Å². The molecule has 5 nitrogen and oxygen atoms in total. The van der Waals surface area contributed by atoms with Gasteiger partial charge in [-0.05, 0) is 80.1 Å². The Hall–Kier alpha value is -3.54. The van der Waals surface area contributed by atoms with Gasteiger partial charge < -0.3 is 10.6 Å². The molecule has 32 heavy (non-hydrogen) atoms. The standard InChI is InChI=1S/C26H26FN3O2/c1-15-4-5-18(10-16(15)2)13-29-25(31)19-6-9-24(28-14-19)22-11-20(12-23(27)17(22)3)26(32)30-21-7-8-21/h4-6,9-12,14,21H,7-8,13H2,1-3H3,(H,29,31)(H,30,32). The molecule has 0 unspecified atom stereocenters. The maximum Gasteiger partial charge on any atom is 0.253 e. The number of benzene rings is 2. The van der Waals surface area contributed by atoms with Crippen molar-refractivity contribution < 1.29 is 14.0 Å². The third kappa shape index (κ3) is 4.85. The number of nitrogens with zero attached hydrogens (tertiary/aromatic N) is 1. The van der Waals surface area contributed by atoms with Gasteiger partial charge in [0.2, 0.25) is 0 Å².